The van der Waals surface area contributed by atoms with Crippen molar-refractivity contribution in [2.24, 2.45) is 0 Å². The monoisotopic (exact) mass is 274 g/mol. The number of nitrogens with one attached hydrogen (secondary N) is 1. The Bertz CT molecular complexity index is 496. The summed E-state index contributed by atoms with van der Waals surface area (Å²) < 4.78 is 1.07. The Morgan fingerprint density at radius 2 is 2.38 bits per heavy atom. The molecule has 1 aromatic rings. The third-order valence-electron chi connectivity index (χ3n) is 3.01. The lowest BCUT2D eigenvalue weighted by Gasteiger charge is -2.22. The molecule has 0 amide bonds. The summed E-state index contributed by atoms with van der Waals surface area (Å²) in [4.78, 5) is 0. The Labute approximate surface area is 104 Å². The molecule has 1 aliphatic rings. The third kappa shape index (κ3) is 1.63. The standard InChI is InChI=1S/C13H11BrN2/c1-2-8-16-13(9-15)7-6-10-11(13)4-3-5-12(10)14/h1,3-5,16H,6-8H2. The van der Waals surface area contributed by atoms with Crippen molar-refractivity contribution in [1.82, 2.24) is 5.32 Å². The molecule has 0 aliphatic heterocycles. The van der Waals surface area contributed by atoms with Crippen molar-refractivity contribution in [3.05, 3.63) is 33.8 Å². The quantitative estimate of drug-likeness (QED) is 0.841. The number of benzene rings is 1. The van der Waals surface area contributed by atoms with Gasteiger partial charge in [0, 0.05) is 4.47 Å². The molecule has 0 radical (unpaired) electrons. The van der Waals surface area contributed by atoms with Crippen molar-refractivity contribution in [1.29, 1.82) is 5.26 Å². The predicted octanol–water partition coefficient (Wildman–Crippen LogP) is 2.34. The van der Waals surface area contributed by atoms with Crippen molar-refractivity contribution < 1.29 is 0 Å². The minimum atomic E-state index is -0.606. The first-order valence-corrected chi connectivity index (χ1v) is 5.90. The minimum absolute atomic E-state index is 0.416. The molecule has 1 aromatic carbocycles. The average Bonchev–Trinajstić information content (AvgIpc) is 2.68. The van der Waals surface area contributed by atoms with Gasteiger partial charge in [-0.25, -0.2) is 0 Å². The highest BCUT2D eigenvalue weighted by molar-refractivity contribution is 9.10. The van der Waals surface area contributed by atoms with Gasteiger partial charge in [-0.15, -0.1) is 6.42 Å². The maximum Gasteiger partial charge on any atom is 0.133 e. The number of fused-ring (bicyclic) bond motifs is 1. The van der Waals surface area contributed by atoms with Gasteiger partial charge in [0.1, 0.15) is 5.54 Å². The first-order chi connectivity index (χ1) is 7.73. The average molecular weight is 275 g/mol. The van der Waals surface area contributed by atoms with Crippen LogP contribution in [0.1, 0.15) is 17.5 Å². The molecule has 0 heterocycles. The lowest BCUT2D eigenvalue weighted by atomic mass is 9.93. The molecule has 0 saturated heterocycles. The fraction of sp³-hybridized carbons (Fsp3) is 0.308. The zero-order chi connectivity index (χ0) is 11.6. The maximum absolute atomic E-state index is 9.38. The van der Waals surface area contributed by atoms with Crippen molar-refractivity contribution in [3.8, 4) is 18.4 Å². The highest BCUT2D eigenvalue weighted by Crippen LogP contribution is 2.39. The topological polar surface area (TPSA) is 35.8 Å². The fourth-order valence-electron chi connectivity index (χ4n) is 2.20. The first kappa shape index (κ1) is 11.2. The van der Waals surface area contributed by atoms with Crippen LogP contribution in [0, 0.1) is 23.7 Å². The second kappa shape index (κ2) is 4.29. The Morgan fingerprint density at radius 1 is 1.56 bits per heavy atom. The third-order valence-corrected chi connectivity index (χ3v) is 3.75. The van der Waals surface area contributed by atoms with E-state index in [0.717, 1.165) is 22.9 Å². The largest absolute Gasteiger partial charge is 0.285 e. The van der Waals surface area contributed by atoms with Crippen LogP contribution in [0.5, 0.6) is 0 Å². The molecule has 16 heavy (non-hydrogen) atoms. The Balaban J connectivity index is 2.45. The molecule has 1 unspecified atom stereocenters. The van der Waals surface area contributed by atoms with E-state index in [9.17, 15) is 5.26 Å². The van der Waals surface area contributed by atoms with E-state index in [2.05, 4.69) is 33.2 Å². The molecular weight excluding hydrogens is 264 g/mol. The summed E-state index contributed by atoms with van der Waals surface area (Å²) in [5.41, 5.74) is 1.67. The predicted molar refractivity (Wildman–Crippen MR) is 66.6 cm³/mol. The molecule has 1 atom stereocenters. The van der Waals surface area contributed by atoms with Gasteiger partial charge in [-0.1, -0.05) is 34.0 Å². The van der Waals surface area contributed by atoms with Crippen LogP contribution in [0.15, 0.2) is 22.7 Å². The molecule has 80 valence electrons. The van der Waals surface area contributed by atoms with Gasteiger partial charge in [-0.05, 0) is 30.0 Å². The summed E-state index contributed by atoms with van der Waals surface area (Å²) in [6.07, 6.45) is 6.92. The zero-order valence-electron chi connectivity index (χ0n) is 8.76. The Morgan fingerprint density at radius 3 is 3.06 bits per heavy atom. The zero-order valence-corrected chi connectivity index (χ0v) is 10.3. The lowest BCUT2D eigenvalue weighted by Crippen LogP contribution is -2.39. The molecule has 3 heteroatoms. The number of hydrogen-bond acceptors (Lipinski definition) is 2. The van der Waals surface area contributed by atoms with Crippen molar-refractivity contribution >= 4 is 15.9 Å². The molecule has 0 aromatic heterocycles. The molecule has 2 nitrogen and oxygen atoms in total. The molecular formula is C13H11BrN2. The van der Waals surface area contributed by atoms with Gasteiger partial charge < -0.3 is 0 Å². The van der Waals surface area contributed by atoms with Gasteiger partial charge in [0.15, 0.2) is 0 Å². The number of hydrogen-bond donors (Lipinski definition) is 1. The second-order valence-corrected chi connectivity index (χ2v) is 4.70. The van der Waals surface area contributed by atoms with E-state index in [1.807, 2.05) is 18.2 Å². The van der Waals surface area contributed by atoms with Crippen LogP contribution in [-0.2, 0) is 12.0 Å². The summed E-state index contributed by atoms with van der Waals surface area (Å²) in [5, 5.41) is 12.5. The van der Waals surface area contributed by atoms with Crippen LogP contribution in [0.25, 0.3) is 0 Å². The van der Waals surface area contributed by atoms with Gasteiger partial charge in [-0.2, -0.15) is 5.26 Å². The van der Waals surface area contributed by atoms with Gasteiger partial charge in [-0.3, -0.25) is 5.32 Å². The fourth-order valence-corrected chi connectivity index (χ4v) is 2.77. The van der Waals surface area contributed by atoms with E-state index in [0.29, 0.717) is 6.54 Å². The molecule has 2 rings (SSSR count). The van der Waals surface area contributed by atoms with Crippen molar-refractivity contribution in [3.63, 3.8) is 0 Å². The number of nitriles is 1. The van der Waals surface area contributed by atoms with E-state index in [4.69, 9.17) is 6.42 Å². The van der Waals surface area contributed by atoms with Crippen molar-refractivity contribution in [2.75, 3.05) is 6.54 Å². The van der Waals surface area contributed by atoms with E-state index in [1.165, 1.54) is 5.56 Å². The minimum Gasteiger partial charge on any atom is -0.285 e. The van der Waals surface area contributed by atoms with Crippen LogP contribution in [0.3, 0.4) is 0 Å². The number of nitrogens with zero attached hydrogens (tertiary/aromatic N) is 1. The molecule has 0 fully saturated rings. The SMILES string of the molecule is C#CCNC1(C#N)CCc2c(Br)cccc21. The summed E-state index contributed by atoms with van der Waals surface area (Å²) >= 11 is 3.52. The van der Waals surface area contributed by atoms with Gasteiger partial charge in [0.25, 0.3) is 0 Å². The number of halogens is 1. The number of terminal acetylenes is 1. The molecule has 0 saturated carbocycles. The lowest BCUT2D eigenvalue weighted by molar-refractivity contribution is 0.450. The van der Waals surface area contributed by atoms with E-state index in [1.54, 1.807) is 0 Å². The summed E-state index contributed by atoms with van der Waals surface area (Å²) in [7, 11) is 0. The van der Waals surface area contributed by atoms with Crippen LogP contribution in [0.2, 0.25) is 0 Å². The highest BCUT2D eigenvalue weighted by atomic mass is 79.9. The summed E-state index contributed by atoms with van der Waals surface area (Å²) in [6.45, 7) is 0.416. The van der Waals surface area contributed by atoms with Gasteiger partial charge in [0.05, 0.1) is 12.6 Å². The van der Waals surface area contributed by atoms with Crippen LogP contribution in [-0.4, -0.2) is 6.54 Å². The van der Waals surface area contributed by atoms with E-state index >= 15 is 0 Å². The first-order valence-electron chi connectivity index (χ1n) is 5.11. The Hall–Kier alpha value is -1.29. The van der Waals surface area contributed by atoms with Gasteiger partial charge >= 0.3 is 0 Å². The van der Waals surface area contributed by atoms with Gasteiger partial charge in [0.2, 0.25) is 0 Å². The summed E-state index contributed by atoms with van der Waals surface area (Å²) in [5.74, 6) is 2.53. The normalized spacial score (nSPS) is 22.2. The summed E-state index contributed by atoms with van der Waals surface area (Å²) in [6, 6.07) is 8.33. The molecule has 1 aliphatic carbocycles. The smallest absolute Gasteiger partial charge is 0.133 e. The van der Waals surface area contributed by atoms with Crippen molar-refractivity contribution in [2.45, 2.75) is 18.4 Å². The molecule has 0 spiro atoms. The molecule has 1 N–H and O–H groups in total. The van der Waals surface area contributed by atoms with Crippen LogP contribution < -0.4 is 5.32 Å². The Kier molecular flexibility index (Phi) is 3.01. The second-order valence-electron chi connectivity index (χ2n) is 3.84. The molecule has 0 bridgehead atoms. The van der Waals surface area contributed by atoms with E-state index < -0.39 is 5.54 Å². The maximum atomic E-state index is 9.38. The number of rotatable bonds is 2. The van der Waals surface area contributed by atoms with Crippen LogP contribution in [0.4, 0.5) is 0 Å². The highest BCUT2D eigenvalue weighted by Gasteiger charge is 2.39. The van der Waals surface area contributed by atoms with E-state index in [-0.39, 0.29) is 0 Å². The van der Waals surface area contributed by atoms with Crippen LogP contribution >= 0.6 is 15.9 Å².